The zero-order chi connectivity index (χ0) is 16.2. The van der Waals surface area contributed by atoms with E-state index in [-0.39, 0.29) is 29.3 Å². The minimum Gasteiger partial charge on any atom is -0.376 e. The molecular weight excluding hydrogens is 321 g/mol. The fraction of sp³-hybridized carbons (Fsp3) is 0.500. The van der Waals surface area contributed by atoms with E-state index in [2.05, 4.69) is 10.6 Å². The number of carbonyl (C=O) groups is 1. The van der Waals surface area contributed by atoms with Gasteiger partial charge in [-0.2, -0.15) is 13.2 Å². The number of nitrogens with one attached hydrogen (secondary N) is 2. The fourth-order valence-corrected chi connectivity index (χ4v) is 2.29. The largest absolute Gasteiger partial charge is 0.416 e. The second-order valence-corrected chi connectivity index (χ2v) is 5.39. The minimum atomic E-state index is -4.46. The van der Waals surface area contributed by atoms with E-state index in [0.717, 1.165) is 31.0 Å². The molecule has 0 bridgehead atoms. The molecule has 1 heterocycles. The van der Waals surface area contributed by atoms with Crippen molar-refractivity contribution in [1.29, 1.82) is 0 Å². The van der Waals surface area contributed by atoms with Crippen molar-refractivity contribution in [2.75, 3.05) is 25.0 Å². The van der Waals surface area contributed by atoms with Gasteiger partial charge < -0.3 is 15.4 Å². The average molecular weight is 337 g/mol. The van der Waals surface area contributed by atoms with Gasteiger partial charge in [0.05, 0.1) is 28.9 Å². The Morgan fingerprint density at radius 3 is 2.82 bits per heavy atom. The molecule has 0 spiro atoms. The second-order valence-electron chi connectivity index (χ2n) is 4.99. The average Bonchev–Trinajstić information content (AvgIpc) is 2.96. The number of alkyl halides is 3. The van der Waals surface area contributed by atoms with Crippen molar-refractivity contribution in [2.45, 2.75) is 25.1 Å². The first-order chi connectivity index (χ1) is 10.4. The van der Waals surface area contributed by atoms with Crippen LogP contribution in [0.25, 0.3) is 0 Å². The molecule has 1 aliphatic heterocycles. The van der Waals surface area contributed by atoms with E-state index < -0.39 is 11.7 Å². The number of halogens is 4. The van der Waals surface area contributed by atoms with Crippen LogP contribution in [-0.2, 0) is 15.7 Å². The van der Waals surface area contributed by atoms with E-state index in [1.807, 2.05) is 0 Å². The van der Waals surface area contributed by atoms with Crippen LogP contribution in [0.2, 0.25) is 5.02 Å². The Hall–Kier alpha value is -1.47. The number of rotatable bonds is 5. The molecule has 1 aromatic carbocycles. The first-order valence-electron chi connectivity index (χ1n) is 6.85. The Morgan fingerprint density at radius 1 is 1.41 bits per heavy atom. The first-order valence-corrected chi connectivity index (χ1v) is 7.23. The van der Waals surface area contributed by atoms with Crippen molar-refractivity contribution < 1.29 is 22.7 Å². The molecule has 1 fully saturated rings. The molecule has 1 saturated heterocycles. The first kappa shape index (κ1) is 16.9. The summed E-state index contributed by atoms with van der Waals surface area (Å²) in [5, 5.41) is 5.41. The summed E-state index contributed by atoms with van der Waals surface area (Å²) in [5.74, 6) is -0.330. The Labute approximate surface area is 131 Å². The van der Waals surface area contributed by atoms with Crippen LogP contribution in [-0.4, -0.2) is 31.7 Å². The Balaban J connectivity index is 1.86. The number of hydrogen-bond donors (Lipinski definition) is 2. The van der Waals surface area contributed by atoms with Crippen LogP contribution >= 0.6 is 11.6 Å². The summed E-state index contributed by atoms with van der Waals surface area (Å²) in [4.78, 5) is 11.7. The predicted molar refractivity (Wildman–Crippen MR) is 76.9 cm³/mol. The SMILES string of the molecule is O=C(CNc1cc(C(F)(F)F)ccc1Cl)NCC1CCCO1. The van der Waals surface area contributed by atoms with Crippen LogP contribution in [0.15, 0.2) is 18.2 Å². The highest BCUT2D eigenvalue weighted by Gasteiger charge is 2.31. The third-order valence-corrected chi connectivity index (χ3v) is 3.61. The maximum Gasteiger partial charge on any atom is 0.416 e. The summed E-state index contributed by atoms with van der Waals surface area (Å²) in [7, 11) is 0. The maximum atomic E-state index is 12.6. The van der Waals surface area contributed by atoms with Crippen molar-refractivity contribution in [2.24, 2.45) is 0 Å². The van der Waals surface area contributed by atoms with Gasteiger partial charge in [-0.15, -0.1) is 0 Å². The van der Waals surface area contributed by atoms with Gasteiger partial charge in [-0.3, -0.25) is 4.79 Å². The lowest BCUT2D eigenvalue weighted by Gasteiger charge is -2.13. The Morgan fingerprint density at radius 2 is 2.18 bits per heavy atom. The number of carbonyl (C=O) groups excluding carboxylic acids is 1. The molecule has 1 aromatic rings. The van der Waals surface area contributed by atoms with Crippen molar-refractivity contribution in [3.8, 4) is 0 Å². The summed E-state index contributed by atoms with van der Waals surface area (Å²) in [5.41, 5.74) is -0.747. The van der Waals surface area contributed by atoms with Gasteiger partial charge in [0.25, 0.3) is 0 Å². The molecule has 0 saturated carbocycles. The topological polar surface area (TPSA) is 50.4 Å². The van der Waals surface area contributed by atoms with E-state index in [4.69, 9.17) is 16.3 Å². The molecule has 8 heteroatoms. The van der Waals surface area contributed by atoms with Crippen molar-refractivity contribution in [3.63, 3.8) is 0 Å². The molecule has 1 amide bonds. The molecule has 1 atom stereocenters. The van der Waals surface area contributed by atoms with Crippen LogP contribution in [0.4, 0.5) is 18.9 Å². The third kappa shape index (κ3) is 4.78. The van der Waals surface area contributed by atoms with Crippen LogP contribution in [0.1, 0.15) is 18.4 Å². The molecule has 1 aliphatic rings. The molecule has 22 heavy (non-hydrogen) atoms. The van der Waals surface area contributed by atoms with Crippen molar-refractivity contribution in [1.82, 2.24) is 5.32 Å². The summed E-state index contributed by atoms with van der Waals surface area (Å²) in [6.45, 7) is 0.934. The summed E-state index contributed by atoms with van der Waals surface area (Å²) in [6.07, 6.45) is -2.57. The van der Waals surface area contributed by atoms with Gasteiger partial charge in [-0.1, -0.05) is 11.6 Å². The number of anilines is 1. The molecule has 0 radical (unpaired) electrons. The van der Waals surface area contributed by atoms with Gasteiger partial charge in [-0.05, 0) is 31.0 Å². The monoisotopic (exact) mass is 336 g/mol. The van der Waals surface area contributed by atoms with Crippen LogP contribution < -0.4 is 10.6 Å². The summed E-state index contributed by atoms with van der Waals surface area (Å²) < 4.78 is 43.2. The zero-order valence-electron chi connectivity index (χ0n) is 11.7. The second kappa shape index (κ2) is 7.19. The Bertz CT molecular complexity index is 531. The highest BCUT2D eigenvalue weighted by atomic mass is 35.5. The molecule has 2 rings (SSSR count). The Kier molecular flexibility index (Phi) is 5.52. The molecule has 4 nitrogen and oxygen atoms in total. The van der Waals surface area contributed by atoms with Gasteiger partial charge in [0.2, 0.25) is 5.91 Å². The smallest absolute Gasteiger partial charge is 0.376 e. The van der Waals surface area contributed by atoms with Gasteiger partial charge in [0.1, 0.15) is 0 Å². The van der Waals surface area contributed by atoms with Gasteiger partial charge in [0.15, 0.2) is 0 Å². The molecule has 0 aliphatic carbocycles. The van der Waals surface area contributed by atoms with Gasteiger partial charge in [-0.25, -0.2) is 0 Å². The van der Waals surface area contributed by atoms with E-state index >= 15 is 0 Å². The normalized spacial score (nSPS) is 18.3. The molecule has 0 aromatic heterocycles. The molecular formula is C14H16ClF3N2O2. The lowest BCUT2D eigenvalue weighted by Crippen LogP contribution is -2.35. The van der Waals surface area contributed by atoms with E-state index in [0.29, 0.717) is 13.2 Å². The standard InChI is InChI=1S/C14H16ClF3N2O2/c15-11-4-3-9(14(16,17)18)6-12(11)19-8-13(21)20-7-10-2-1-5-22-10/h3-4,6,10,19H,1-2,5,7-8H2,(H,20,21). The van der Waals surface area contributed by atoms with E-state index in [1.54, 1.807) is 0 Å². The highest BCUT2D eigenvalue weighted by Crippen LogP contribution is 2.33. The molecule has 1 unspecified atom stereocenters. The zero-order valence-corrected chi connectivity index (χ0v) is 12.4. The van der Waals surface area contributed by atoms with Gasteiger partial charge in [0, 0.05) is 13.2 Å². The molecule has 2 N–H and O–H groups in total. The third-order valence-electron chi connectivity index (χ3n) is 3.28. The van der Waals surface area contributed by atoms with Crippen molar-refractivity contribution >= 4 is 23.2 Å². The van der Waals surface area contributed by atoms with Crippen LogP contribution in [0.3, 0.4) is 0 Å². The maximum absolute atomic E-state index is 12.6. The number of amides is 1. The minimum absolute atomic E-state index is 0.0149. The number of hydrogen-bond acceptors (Lipinski definition) is 3. The number of benzene rings is 1. The summed E-state index contributed by atoms with van der Waals surface area (Å²) in [6, 6.07) is 2.93. The number of ether oxygens (including phenoxy) is 1. The fourth-order valence-electron chi connectivity index (χ4n) is 2.11. The van der Waals surface area contributed by atoms with Crippen LogP contribution in [0.5, 0.6) is 0 Å². The quantitative estimate of drug-likeness (QED) is 0.869. The van der Waals surface area contributed by atoms with E-state index in [9.17, 15) is 18.0 Å². The predicted octanol–water partition coefficient (Wildman–Crippen LogP) is 3.07. The van der Waals surface area contributed by atoms with Crippen LogP contribution in [0, 0.1) is 0 Å². The lowest BCUT2D eigenvalue weighted by molar-refractivity contribution is -0.137. The van der Waals surface area contributed by atoms with Crippen molar-refractivity contribution in [3.05, 3.63) is 28.8 Å². The molecule has 122 valence electrons. The van der Waals surface area contributed by atoms with E-state index in [1.165, 1.54) is 0 Å². The highest BCUT2D eigenvalue weighted by molar-refractivity contribution is 6.33. The van der Waals surface area contributed by atoms with Gasteiger partial charge >= 0.3 is 6.18 Å². The lowest BCUT2D eigenvalue weighted by atomic mass is 10.2. The summed E-state index contributed by atoms with van der Waals surface area (Å²) >= 11 is 5.83.